The SMILES string of the molecule is COc1ccc(CN(C(=O)c2ccccc2-c2ccccc2)C2Cc3ccccc3C2)cc1. The molecule has 0 aliphatic heterocycles. The zero-order valence-corrected chi connectivity index (χ0v) is 18.8. The molecule has 0 N–H and O–H groups in total. The van der Waals surface area contributed by atoms with Crippen molar-refractivity contribution >= 4 is 5.91 Å². The summed E-state index contributed by atoms with van der Waals surface area (Å²) in [7, 11) is 1.67. The third-order valence-corrected chi connectivity index (χ3v) is 6.49. The zero-order chi connectivity index (χ0) is 22.6. The summed E-state index contributed by atoms with van der Waals surface area (Å²) in [6.07, 6.45) is 1.76. The standard InChI is InChI=1S/C30H27NO2/c1-33-27-17-15-22(16-18-27)21-31(26-19-24-11-5-6-12-25(24)20-26)30(32)29-14-8-7-13-28(29)23-9-3-2-4-10-23/h2-18,26H,19-21H2,1H3. The van der Waals surface area contributed by atoms with Crippen LogP contribution in [-0.4, -0.2) is 24.0 Å². The molecule has 0 atom stereocenters. The minimum atomic E-state index is 0.0723. The first-order valence-electron chi connectivity index (χ1n) is 11.4. The summed E-state index contributed by atoms with van der Waals surface area (Å²) >= 11 is 0. The molecular weight excluding hydrogens is 406 g/mol. The van der Waals surface area contributed by atoms with Gasteiger partial charge < -0.3 is 9.64 Å². The second-order valence-corrected chi connectivity index (χ2v) is 8.52. The summed E-state index contributed by atoms with van der Waals surface area (Å²) in [6.45, 7) is 0.560. The molecule has 0 spiro atoms. The lowest BCUT2D eigenvalue weighted by Crippen LogP contribution is -2.40. The lowest BCUT2D eigenvalue weighted by Gasteiger charge is -2.30. The van der Waals surface area contributed by atoms with Crippen molar-refractivity contribution in [1.82, 2.24) is 4.90 Å². The van der Waals surface area contributed by atoms with Crippen molar-refractivity contribution in [3.8, 4) is 16.9 Å². The van der Waals surface area contributed by atoms with Crippen LogP contribution in [0.15, 0.2) is 103 Å². The molecular formula is C30H27NO2. The van der Waals surface area contributed by atoms with Crippen LogP contribution in [0.5, 0.6) is 5.75 Å². The van der Waals surface area contributed by atoms with E-state index in [9.17, 15) is 4.79 Å². The van der Waals surface area contributed by atoms with Crippen LogP contribution in [-0.2, 0) is 19.4 Å². The molecule has 0 aromatic heterocycles. The third-order valence-electron chi connectivity index (χ3n) is 6.49. The molecule has 4 aromatic rings. The quantitative estimate of drug-likeness (QED) is 0.364. The Morgan fingerprint density at radius 2 is 1.39 bits per heavy atom. The van der Waals surface area contributed by atoms with Gasteiger partial charge in [-0.15, -0.1) is 0 Å². The lowest BCUT2D eigenvalue weighted by atomic mass is 9.98. The highest BCUT2D eigenvalue weighted by Crippen LogP contribution is 2.31. The number of hydrogen-bond donors (Lipinski definition) is 0. The highest BCUT2D eigenvalue weighted by molar-refractivity contribution is 6.01. The average molecular weight is 434 g/mol. The number of amides is 1. The molecule has 4 aromatic carbocycles. The molecule has 0 bridgehead atoms. The van der Waals surface area contributed by atoms with E-state index in [2.05, 4.69) is 41.3 Å². The van der Waals surface area contributed by atoms with Gasteiger partial charge in [-0.25, -0.2) is 0 Å². The van der Waals surface area contributed by atoms with E-state index in [4.69, 9.17) is 4.74 Å². The monoisotopic (exact) mass is 433 g/mol. The van der Waals surface area contributed by atoms with E-state index in [1.165, 1.54) is 11.1 Å². The molecule has 3 nitrogen and oxygen atoms in total. The van der Waals surface area contributed by atoms with Crippen LogP contribution in [0, 0.1) is 0 Å². The predicted molar refractivity (Wildman–Crippen MR) is 132 cm³/mol. The fraction of sp³-hybridized carbons (Fsp3) is 0.167. The predicted octanol–water partition coefficient (Wildman–Crippen LogP) is 6.17. The zero-order valence-electron chi connectivity index (χ0n) is 18.8. The molecule has 5 rings (SSSR count). The van der Waals surface area contributed by atoms with Crippen LogP contribution >= 0.6 is 0 Å². The topological polar surface area (TPSA) is 29.5 Å². The fourth-order valence-corrected chi connectivity index (χ4v) is 4.74. The van der Waals surface area contributed by atoms with Crippen molar-refractivity contribution in [3.63, 3.8) is 0 Å². The number of fused-ring (bicyclic) bond motifs is 1. The Morgan fingerprint density at radius 3 is 2.06 bits per heavy atom. The smallest absolute Gasteiger partial charge is 0.255 e. The van der Waals surface area contributed by atoms with Gasteiger partial charge in [0.25, 0.3) is 5.91 Å². The van der Waals surface area contributed by atoms with Crippen molar-refractivity contribution in [3.05, 3.63) is 125 Å². The molecule has 0 saturated carbocycles. The van der Waals surface area contributed by atoms with Gasteiger partial charge in [0.1, 0.15) is 5.75 Å². The Hall–Kier alpha value is -3.85. The number of methoxy groups -OCH3 is 1. The van der Waals surface area contributed by atoms with Gasteiger partial charge in [-0.3, -0.25) is 4.79 Å². The summed E-state index contributed by atoms with van der Waals surface area (Å²) in [5.41, 5.74) is 6.54. The van der Waals surface area contributed by atoms with Gasteiger partial charge in [0.05, 0.1) is 7.11 Å². The van der Waals surface area contributed by atoms with E-state index in [0.29, 0.717) is 6.54 Å². The number of benzene rings is 4. The fourth-order valence-electron chi connectivity index (χ4n) is 4.74. The van der Waals surface area contributed by atoms with Crippen molar-refractivity contribution in [2.24, 2.45) is 0 Å². The van der Waals surface area contributed by atoms with E-state index < -0.39 is 0 Å². The number of ether oxygens (including phenoxy) is 1. The Morgan fingerprint density at radius 1 is 0.788 bits per heavy atom. The van der Waals surface area contributed by atoms with Gasteiger partial charge in [-0.05, 0) is 58.9 Å². The van der Waals surface area contributed by atoms with Crippen LogP contribution in [0.1, 0.15) is 27.0 Å². The Kier molecular flexibility index (Phi) is 5.95. The molecule has 0 heterocycles. The first kappa shape index (κ1) is 21.0. The Bertz CT molecular complexity index is 1220. The molecule has 33 heavy (non-hydrogen) atoms. The Labute approximate surface area is 195 Å². The van der Waals surface area contributed by atoms with E-state index in [1.807, 2.05) is 66.7 Å². The maximum Gasteiger partial charge on any atom is 0.255 e. The van der Waals surface area contributed by atoms with E-state index in [-0.39, 0.29) is 11.9 Å². The van der Waals surface area contributed by atoms with E-state index >= 15 is 0 Å². The number of carbonyl (C=O) groups excluding carboxylic acids is 1. The van der Waals surface area contributed by atoms with Crippen LogP contribution in [0.2, 0.25) is 0 Å². The molecule has 1 aliphatic carbocycles. The van der Waals surface area contributed by atoms with Crippen LogP contribution in [0.4, 0.5) is 0 Å². The van der Waals surface area contributed by atoms with Crippen molar-refractivity contribution in [1.29, 1.82) is 0 Å². The summed E-state index contributed by atoms with van der Waals surface area (Å²) in [5, 5.41) is 0. The van der Waals surface area contributed by atoms with Gasteiger partial charge >= 0.3 is 0 Å². The molecule has 164 valence electrons. The first-order valence-corrected chi connectivity index (χ1v) is 11.4. The number of nitrogens with zero attached hydrogens (tertiary/aromatic N) is 1. The molecule has 1 aliphatic rings. The minimum Gasteiger partial charge on any atom is -0.497 e. The summed E-state index contributed by atoms with van der Waals surface area (Å²) in [6, 6.07) is 34.8. The highest BCUT2D eigenvalue weighted by Gasteiger charge is 2.31. The number of carbonyl (C=O) groups is 1. The second kappa shape index (κ2) is 9.33. The maximum atomic E-state index is 14.1. The summed E-state index contributed by atoms with van der Waals surface area (Å²) in [4.78, 5) is 16.2. The largest absolute Gasteiger partial charge is 0.497 e. The normalized spacial score (nSPS) is 12.9. The van der Waals surface area contributed by atoms with Gasteiger partial charge in [-0.1, -0.05) is 84.9 Å². The minimum absolute atomic E-state index is 0.0723. The first-order chi connectivity index (χ1) is 16.2. The van der Waals surface area contributed by atoms with Crippen molar-refractivity contribution < 1.29 is 9.53 Å². The third kappa shape index (κ3) is 4.40. The van der Waals surface area contributed by atoms with Crippen LogP contribution < -0.4 is 4.74 Å². The average Bonchev–Trinajstić information content (AvgIpc) is 3.32. The van der Waals surface area contributed by atoms with Gasteiger partial charge in [0.15, 0.2) is 0 Å². The molecule has 1 amide bonds. The lowest BCUT2D eigenvalue weighted by molar-refractivity contribution is 0.0668. The number of hydrogen-bond acceptors (Lipinski definition) is 2. The molecule has 3 heteroatoms. The maximum absolute atomic E-state index is 14.1. The summed E-state index contributed by atoms with van der Waals surface area (Å²) in [5.74, 6) is 0.891. The Balaban J connectivity index is 1.51. The molecule has 0 fully saturated rings. The molecule has 0 radical (unpaired) electrons. The van der Waals surface area contributed by atoms with Crippen molar-refractivity contribution in [2.45, 2.75) is 25.4 Å². The number of rotatable bonds is 6. The van der Waals surface area contributed by atoms with Crippen molar-refractivity contribution in [2.75, 3.05) is 7.11 Å². The summed E-state index contributed by atoms with van der Waals surface area (Å²) < 4.78 is 5.32. The van der Waals surface area contributed by atoms with Gasteiger partial charge in [0, 0.05) is 18.2 Å². The van der Waals surface area contributed by atoms with Crippen LogP contribution in [0.3, 0.4) is 0 Å². The second-order valence-electron chi connectivity index (χ2n) is 8.52. The van der Waals surface area contributed by atoms with E-state index in [1.54, 1.807) is 7.11 Å². The molecule has 0 unspecified atom stereocenters. The van der Waals surface area contributed by atoms with Crippen LogP contribution in [0.25, 0.3) is 11.1 Å². The van der Waals surface area contributed by atoms with Gasteiger partial charge in [0.2, 0.25) is 0 Å². The molecule has 0 saturated heterocycles. The highest BCUT2D eigenvalue weighted by atomic mass is 16.5. The van der Waals surface area contributed by atoms with Gasteiger partial charge in [-0.2, -0.15) is 0 Å². The van der Waals surface area contributed by atoms with E-state index in [0.717, 1.165) is 40.8 Å².